The highest BCUT2D eigenvalue weighted by Gasteiger charge is 2.30. The largest absolute Gasteiger partial charge is 0.493 e. The topological polar surface area (TPSA) is 94.6 Å². The van der Waals surface area contributed by atoms with Crippen LogP contribution in [0.5, 0.6) is 17.4 Å². The summed E-state index contributed by atoms with van der Waals surface area (Å²) < 4.78 is 36.9. The lowest BCUT2D eigenvalue weighted by Gasteiger charge is -2.24. The summed E-state index contributed by atoms with van der Waals surface area (Å²) in [5, 5.41) is 3.73. The van der Waals surface area contributed by atoms with Gasteiger partial charge in [0.05, 0.1) is 16.7 Å². The molecule has 0 spiro atoms. The van der Waals surface area contributed by atoms with Crippen molar-refractivity contribution in [2.75, 3.05) is 18.2 Å². The fraction of sp³-hybridized carbons (Fsp3) is 0.200. The minimum atomic E-state index is -3.29. The zero-order valence-corrected chi connectivity index (χ0v) is 22.3. The molecule has 0 fully saturated rings. The summed E-state index contributed by atoms with van der Waals surface area (Å²) in [5.41, 5.74) is 1.87. The van der Waals surface area contributed by atoms with Crippen LogP contribution in [0.15, 0.2) is 48.5 Å². The molecular formula is C25H20Cl2N2O5S2. The molecular weight excluding hydrogens is 543 g/mol. The number of aromatic nitrogens is 1. The number of carbonyl (C=O) groups excluding carboxylic acids is 1. The Bertz CT molecular complexity index is 1620. The van der Waals surface area contributed by atoms with Gasteiger partial charge < -0.3 is 14.8 Å². The number of anilines is 1. The van der Waals surface area contributed by atoms with Gasteiger partial charge in [-0.3, -0.25) is 4.79 Å². The molecule has 5 rings (SSSR count). The number of halogens is 2. The molecule has 3 heterocycles. The Morgan fingerprint density at radius 1 is 1.17 bits per heavy atom. The lowest BCUT2D eigenvalue weighted by molar-refractivity contribution is 0.103. The number of carbonyl (C=O) groups is 1. The number of hydrogen-bond donors (Lipinski definition) is 1. The van der Waals surface area contributed by atoms with Crippen LogP contribution >= 0.6 is 34.5 Å². The van der Waals surface area contributed by atoms with E-state index in [1.54, 1.807) is 42.5 Å². The zero-order chi connectivity index (χ0) is 25.6. The van der Waals surface area contributed by atoms with Crippen molar-refractivity contribution in [1.29, 1.82) is 0 Å². The Morgan fingerprint density at radius 2 is 1.97 bits per heavy atom. The Morgan fingerprint density at radius 3 is 2.72 bits per heavy atom. The molecule has 2 aromatic heterocycles. The normalized spacial score (nSPS) is 15.3. The molecule has 11 heteroatoms. The van der Waals surface area contributed by atoms with E-state index in [2.05, 4.69) is 10.3 Å². The molecule has 4 aromatic rings. The highest BCUT2D eigenvalue weighted by Crippen LogP contribution is 2.41. The standard InChI is InChI=1S/C25H20Cl2N2O5S2/c1-13-7-15(26)3-4-18(13)34-24-11-16(10-23(27)29-24)28-25(30)21-9-14-8-17-19(12-20(14)35-21)33-6-5-22(17)36(2,31)32/h3-4,7-12,22H,5-6H2,1-2H3,(H,28,29,30). The van der Waals surface area contributed by atoms with E-state index in [0.717, 1.165) is 15.6 Å². The molecule has 1 aliphatic heterocycles. The van der Waals surface area contributed by atoms with Crippen LogP contribution in [0.25, 0.3) is 10.1 Å². The molecule has 0 radical (unpaired) electrons. The monoisotopic (exact) mass is 562 g/mol. The van der Waals surface area contributed by atoms with Gasteiger partial charge in [0.2, 0.25) is 5.88 Å². The Labute approximate surface area is 221 Å². The van der Waals surface area contributed by atoms with E-state index in [-0.39, 0.29) is 16.9 Å². The summed E-state index contributed by atoms with van der Waals surface area (Å²) in [6.45, 7) is 2.19. The number of fused-ring (bicyclic) bond motifs is 2. The van der Waals surface area contributed by atoms with Crippen LogP contribution in [0.4, 0.5) is 5.69 Å². The highest BCUT2D eigenvalue weighted by atomic mass is 35.5. The fourth-order valence-corrected chi connectivity index (χ4v) is 6.65. The van der Waals surface area contributed by atoms with Gasteiger partial charge in [0, 0.05) is 39.7 Å². The van der Waals surface area contributed by atoms with Gasteiger partial charge in [-0.05, 0) is 60.3 Å². The number of sulfone groups is 1. The van der Waals surface area contributed by atoms with Gasteiger partial charge in [0.25, 0.3) is 5.91 Å². The predicted molar refractivity (Wildman–Crippen MR) is 143 cm³/mol. The average Bonchev–Trinajstić information content (AvgIpc) is 3.21. The van der Waals surface area contributed by atoms with E-state index in [1.165, 1.54) is 23.7 Å². The van der Waals surface area contributed by atoms with Gasteiger partial charge in [-0.15, -0.1) is 11.3 Å². The van der Waals surface area contributed by atoms with E-state index in [0.29, 0.717) is 45.7 Å². The maximum absolute atomic E-state index is 13.1. The van der Waals surface area contributed by atoms with Crippen LogP contribution in [0.1, 0.15) is 32.5 Å². The maximum atomic E-state index is 13.1. The number of rotatable bonds is 5. The predicted octanol–water partition coefficient (Wildman–Crippen LogP) is 6.82. The summed E-state index contributed by atoms with van der Waals surface area (Å²) in [7, 11) is -3.29. The molecule has 7 nitrogen and oxygen atoms in total. The second-order valence-corrected chi connectivity index (χ2v) is 12.6. The van der Waals surface area contributed by atoms with Gasteiger partial charge in [0.15, 0.2) is 9.84 Å². The lowest BCUT2D eigenvalue weighted by atomic mass is 10.0. The number of aryl methyl sites for hydroxylation is 1. The van der Waals surface area contributed by atoms with Crippen molar-refractivity contribution in [3.05, 3.63) is 74.7 Å². The number of amides is 1. The molecule has 0 saturated heterocycles. The average molecular weight is 563 g/mol. The summed E-state index contributed by atoms with van der Waals surface area (Å²) in [6.07, 6.45) is 1.63. The van der Waals surface area contributed by atoms with E-state index in [9.17, 15) is 13.2 Å². The van der Waals surface area contributed by atoms with E-state index >= 15 is 0 Å². The Hall–Kier alpha value is -2.85. The first kappa shape index (κ1) is 24.8. The van der Waals surface area contributed by atoms with Crippen molar-refractivity contribution in [2.24, 2.45) is 0 Å². The first-order valence-corrected chi connectivity index (χ1v) is 14.4. The van der Waals surface area contributed by atoms with Gasteiger partial charge in [-0.2, -0.15) is 0 Å². The number of hydrogen-bond acceptors (Lipinski definition) is 7. The molecule has 0 saturated carbocycles. The minimum Gasteiger partial charge on any atom is -0.493 e. The maximum Gasteiger partial charge on any atom is 0.265 e. The van der Waals surface area contributed by atoms with Gasteiger partial charge in [-0.1, -0.05) is 23.2 Å². The summed E-state index contributed by atoms with van der Waals surface area (Å²) in [5.74, 6) is 0.981. The molecule has 1 aliphatic rings. The molecule has 1 amide bonds. The number of pyridine rings is 1. The molecule has 0 bridgehead atoms. The van der Waals surface area contributed by atoms with Crippen molar-refractivity contribution < 1.29 is 22.7 Å². The third-order valence-corrected chi connectivity index (χ3v) is 8.80. The molecule has 0 aliphatic carbocycles. The third kappa shape index (κ3) is 5.15. The van der Waals surface area contributed by atoms with Crippen LogP contribution in [0.2, 0.25) is 10.2 Å². The quantitative estimate of drug-likeness (QED) is 0.268. The molecule has 1 unspecified atom stereocenters. The van der Waals surface area contributed by atoms with Crippen molar-refractivity contribution in [1.82, 2.24) is 4.98 Å². The van der Waals surface area contributed by atoms with Crippen LogP contribution < -0.4 is 14.8 Å². The minimum absolute atomic E-state index is 0.155. The van der Waals surface area contributed by atoms with Crippen LogP contribution in [-0.4, -0.2) is 32.2 Å². The third-order valence-electron chi connectivity index (χ3n) is 5.75. The van der Waals surface area contributed by atoms with Crippen molar-refractivity contribution in [2.45, 2.75) is 18.6 Å². The molecule has 2 aromatic carbocycles. The van der Waals surface area contributed by atoms with E-state index < -0.39 is 15.1 Å². The van der Waals surface area contributed by atoms with Gasteiger partial charge >= 0.3 is 0 Å². The first-order valence-electron chi connectivity index (χ1n) is 10.9. The molecule has 36 heavy (non-hydrogen) atoms. The molecule has 186 valence electrons. The summed E-state index contributed by atoms with van der Waals surface area (Å²) in [4.78, 5) is 17.7. The van der Waals surface area contributed by atoms with E-state index in [1.807, 2.05) is 6.92 Å². The van der Waals surface area contributed by atoms with Crippen LogP contribution in [0.3, 0.4) is 0 Å². The van der Waals surface area contributed by atoms with Crippen LogP contribution in [-0.2, 0) is 9.84 Å². The molecule has 1 N–H and O–H groups in total. The Balaban J connectivity index is 1.40. The van der Waals surface area contributed by atoms with Crippen molar-refractivity contribution >= 4 is 66.1 Å². The first-order chi connectivity index (χ1) is 17.1. The number of thiophene rings is 1. The highest BCUT2D eigenvalue weighted by molar-refractivity contribution is 7.90. The fourth-order valence-electron chi connectivity index (χ4n) is 4.08. The van der Waals surface area contributed by atoms with Crippen molar-refractivity contribution in [3.63, 3.8) is 0 Å². The lowest BCUT2D eigenvalue weighted by Crippen LogP contribution is -2.20. The van der Waals surface area contributed by atoms with Crippen LogP contribution in [0, 0.1) is 6.92 Å². The van der Waals surface area contributed by atoms with Gasteiger partial charge in [-0.25, -0.2) is 13.4 Å². The number of benzene rings is 2. The summed E-state index contributed by atoms with van der Waals surface area (Å²) in [6, 6.07) is 13.6. The summed E-state index contributed by atoms with van der Waals surface area (Å²) >= 11 is 13.5. The molecule has 1 atom stereocenters. The van der Waals surface area contributed by atoms with Crippen molar-refractivity contribution in [3.8, 4) is 17.4 Å². The second kappa shape index (κ2) is 9.55. The van der Waals surface area contributed by atoms with E-state index in [4.69, 9.17) is 32.7 Å². The Kier molecular flexibility index (Phi) is 6.59. The smallest absolute Gasteiger partial charge is 0.265 e. The SMILES string of the molecule is Cc1cc(Cl)ccc1Oc1cc(NC(=O)c2cc3cc4c(cc3s2)OCCC4S(C)(=O)=O)cc(Cl)n1. The number of nitrogens with zero attached hydrogens (tertiary/aromatic N) is 1. The number of ether oxygens (including phenoxy) is 2. The second-order valence-electron chi connectivity index (χ2n) is 8.48. The zero-order valence-electron chi connectivity index (χ0n) is 19.2. The van der Waals surface area contributed by atoms with Gasteiger partial charge in [0.1, 0.15) is 16.7 Å². The number of nitrogens with one attached hydrogen (secondary N) is 1.